The molecule has 1 atom stereocenters. The number of halogens is 2. The summed E-state index contributed by atoms with van der Waals surface area (Å²) in [6.07, 6.45) is 0.688. The normalized spacial score (nSPS) is 17.9. The van der Waals surface area contributed by atoms with Gasteiger partial charge in [0.1, 0.15) is 17.7 Å². The number of hydrogen-bond acceptors (Lipinski definition) is 6. The topological polar surface area (TPSA) is 104 Å². The summed E-state index contributed by atoms with van der Waals surface area (Å²) in [5.41, 5.74) is 7.48. The van der Waals surface area contributed by atoms with E-state index in [9.17, 15) is 9.50 Å². The fourth-order valence-electron chi connectivity index (χ4n) is 3.50. The average Bonchev–Trinajstić information content (AvgIpc) is 3.07. The number of anilines is 1. The van der Waals surface area contributed by atoms with Gasteiger partial charge in [-0.25, -0.2) is 9.37 Å². The number of fused-ring (bicyclic) bond motifs is 1. The van der Waals surface area contributed by atoms with Gasteiger partial charge in [-0.2, -0.15) is 10.1 Å². The number of rotatable bonds is 3. The van der Waals surface area contributed by atoms with Crippen LogP contribution in [0.5, 0.6) is 0 Å². The second-order valence-electron chi connectivity index (χ2n) is 7.90. The minimum atomic E-state index is -1.34. The van der Waals surface area contributed by atoms with E-state index >= 15 is 0 Å². The van der Waals surface area contributed by atoms with Gasteiger partial charge in [0.15, 0.2) is 5.65 Å². The van der Waals surface area contributed by atoms with Crippen LogP contribution in [0.1, 0.15) is 38.6 Å². The van der Waals surface area contributed by atoms with Crippen molar-refractivity contribution in [2.75, 3.05) is 18.0 Å². The van der Waals surface area contributed by atoms with Gasteiger partial charge in [-0.1, -0.05) is 37.6 Å². The molecule has 3 heterocycles. The highest BCUT2D eigenvalue weighted by atomic mass is 35.5. The molecule has 7 nitrogen and oxygen atoms in total. The number of aromatic nitrogens is 4. The highest BCUT2D eigenvalue weighted by molar-refractivity contribution is 6.33. The fraction of sp³-hybridized carbons (Fsp3) is 0.421. The average molecular weight is 405 g/mol. The Hall–Kier alpha value is -2.29. The summed E-state index contributed by atoms with van der Waals surface area (Å²) in [5, 5.41) is 17.6. The molecule has 3 aromatic rings. The van der Waals surface area contributed by atoms with Crippen LogP contribution in [0, 0.1) is 11.2 Å². The van der Waals surface area contributed by atoms with Crippen LogP contribution in [-0.4, -0.2) is 38.4 Å². The molecule has 0 aliphatic carbocycles. The summed E-state index contributed by atoms with van der Waals surface area (Å²) in [7, 11) is 0. The summed E-state index contributed by atoms with van der Waals surface area (Å²) in [6, 6.07) is 4.48. The standard InChI is InChI=1S/C19H22ClFN6O/c1-19(2)6-8-27(9-7-19)18-23-15(16(22)28)12-14(25-26-17(12)24-18)10-4-3-5-11(21)13(10)20/h3-5,16,28H,6-9,22H2,1-2H3,(H,23,24,25,26). The van der Waals surface area contributed by atoms with E-state index in [4.69, 9.17) is 17.3 Å². The quantitative estimate of drug-likeness (QED) is 0.578. The van der Waals surface area contributed by atoms with Crippen LogP contribution >= 0.6 is 11.6 Å². The molecule has 28 heavy (non-hydrogen) atoms. The molecule has 0 radical (unpaired) electrons. The molecule has 148 valence electrons. The molecule has 1 fully saturated rings. The number of aliphatic hydroxyl groups is 1. The van der Waals surface area contributed by atoms with Crippen molar-refractivity contribution in [2.45, 2.75) is 32.9 Å². The monoisotopic (exact) mass is 404 g/mol. The molecule has 1 aliphatic rings. The summed E-state index contributed by atoms with van der Waals surface area (Å²) in [5.74, 6) is -0.0730. The van der Waals surface area contributed by atoms with Gasteiger partial charge in [0.2, 0.25) is 5.95 Å². The Kier molecular flexibility index (Phi) is 4.73. The van der Waals surface area contributed by atoms with E-state index in [-0.39, 0.29) is 16.1 Å². The van der Waals surface area contributed by atoms with Gasteiger partial charge < -0.3 is 15.7 Å². The number of benzene rings is 1. The highest BCUT2D eigenvalue weighted by Gasteiger charge is 2.28. The Morgan fingerprint density at radius 3 is 2.68 bits per heavy atom. The zero-order chi connectivity index (χ0) is 20.1. The van der Waals surface area contributed by atoms with Crippen LogP contribution in [0.4, 0.5) is 10.3 Å². The number of nitrogens with zero attached hydrogens (tertiary/aromatic N) is 4. The van der Waals surface area contributed by atoms with E-state index in [0.717, 1.165) is 25.9 Å². The second kappa shape index (κ2) is 6.95. The first kappa shape index (κ1) is 19.0. The molecule has 4 N–H and O–H groups in total. The highest BCUT2D eigenvalue weighted by Crippen LogP contribution is 2.36. The van der Waals surface area contributed by atoms with Crippen LogP contribution in [0.25, 0.3) is 22.3 Å². The van der Waals surface area contributed by atoms with E-state index in [1.54, 1.807) is 12.1 Å². The maximum absolute atomic E-state index is 13.9. The lowest BCUT2D eigenvalue weighted by molar-refractivity contribution is 0.183. The van der Waals surface area contributed by atoms with Crippen molar-refractivity contribution in [2.24, 2.45) is 11.1 Å². The number of aliphatic hydroxyl groups excluding tert-OH is 1. The van der Waals surface area contributed by atoms with Gasteiger partial charge in [-0.15, -0.1) is 0 Å². The number of H-pyrrole nitrogens is 1. The van der Waals surface area contributed by atoms with Crippen molar-refractivity contribution >= 4 is 28.6 Å². The van der Waals surface area contributed by atoms with E-state index in [0.29, 0.717) is 28.2 Å². The maximum atomic E-state index is 13.9. The molecular weight excluding hydrogens is 383 g/mol. The van der Waals surface area contributed by atoms with Crippen LogP contribution < -0.4 is 10.6 Å². The van der Waals surface area contributed by atoms with Crippen LogP contribution in [-0.2, 0) is 0 Å². The predicted molar refractivity (Wildman–Crippen MR) is 106 cm³/mol. The van der Waals surface area contributed by atoms with Gasteiger partial charge in [-0.3, -0.25) is 5.10 Å². The summed E-state index contributed by atoms with van der Waals surface area (Å²) < 4.78 is 13.9. The van der Waals surface area contributed by atoms with Gasteiger partial charge in [0.05, 0.1) is 16.1 Å². The summed E-state index contributed by atoms with van der Waals surface area (Å²) in [4.78, 5) is 11.2. The summed E-state index contributed by atoms with van der Waals surface area (Å²) >= 11 is 6.13. The third-order valence-electron chi connectivity index (χ3n) is 5.33. The number of nitrogens with one attached hydrogen (secondary N) is 1. The minimum Gasteiger partial charge on any atom is -0.373 e. The van der Waals surface area contributed by atoms with Gasteiger partial charge in [0, 0.05) is 18.7 Å². The van der Waals surface area contributed by atoms with Crippen LogP contribution in [0.15, 0.2) is 18.2 Å². The summed E-state index contributed by atoms with van der Waals surface area (Å²) in [6.45, 7) is 6.11. The predicted octanol–water partition coefficient (Wildman–Crippen LogP) is 3.39. The third-order valence-corrected chi connectivity index (χ3v) is 5.71. The fourth-order valence-corrected chi connectivity index (χ4v) is 3.72. The van der Waals surface area contributed by atoms with Crippen molar-refractivity contribution in [3.63, 3.8) is 0 Å². The molecule has 0 bridgehead atoms. The maximum Gasteiger partial charge on any atom is 0.227 e. The zero-order valence-electron chi connectivity index (χ0n) is 15.7. The smallest absolute Gasteiger partial charge is 0.227 e. The van der Waals surface area contributed by atoms with Crippen molar-refractivity contribution in [3.8, 4) is 11.3 Å². The van der Waals surface area contributed by atoms with E-state index in [1.807, 2.05) is 0 Å². The molecule has 1 saturated heterocycles. The first-order valence-corrected chi connectivity index (χ1v) is 9.53. The largest absolute Gasteiger partial charge is 0.373 e. The Morgan fingerprint density at radius 2 is 2.00 bits per heavy atom. The zero-order valence-corrected chi connectivity index (χ0v) is 16.5. The Morgan fingerprint density at radius 1 is 1.29 bits per heavy atom. The Bertz CT molecular complexity index is 1020. The molecule has 9 heteroatoms. The van der Waals surface area contributed by atoms with Crippen LogP contribution in [0.3, 0.4) is 0 Å². The molecule has 0 amide bonds. The molecular formula is C19H22ClFN6O. The van der Waals surface area contributed by atoms with E-state index < -0.39 is 12.0 Å². The molecule has 1 aliphatic heterocycles. The van der Waals surface area contributed by atoms with Crippen molar-refractivity contribution < 1.29 is 9.50 Å². The van der Waals surface area contributed by atoms with Crippen molar-refractivity contribution in [1.82, 2.24) is 20.2 Å². The number of nitrogens with two attached hydrogens (primary N) is 1. The lowest BCUT2D eigenvalue weighted by Crippen LogP contribution is -2.38. The van der Waals surface area contributed by atoms with Crippen molar-refractivity contribution in [3.05, 3.63) is 34.7 Å². The lowest BCUT2D eigenvalue weighted by Gasteiger charge is -2.37. The minimum absolute atomic E-state index is 0.0483. The number of hydrogen-bond donors (Lipinski definition) is 3. The Labute approximate surface area is 166 Å². The lowest BCUT2D eigenvalue weighted by atomic mass is 9.83. The second-order valence-corrected chi connectivity index (χ2v) is 8.28. The first-order chi connectivity index (χ1) is 13.3. The molecule has 1 unspecified atom stereocenters. The van der Waals surface area contributed by atoms with E-state index in [2.05, 4.69) is 38.9 Å². The van der Waals surface area contributed by atoms with Gasteiger partial charge in [-0.05, 0) is 24.3 Å². The van der Waals surface area contributed by atoms with Gasteiger partial charge in [0.25, 0.3) is 0 Å². The SMILES string of the molecule is CC1(C)CCN(c2nc(C(N)O)c3c(-c4cccc(F)c4Cl)[nH]nc3n2)CC1. The molecule has 1 aromatic carbocycles. The van der Waals surface area contributed by atoms with Crippen molar-refractivity contribution in [1.29, 1.82) is 0 Å². The third kappa shape index (κ3) is 3.32. The van der Waals surface area contributed by atoms with Crippen LogP contribution in [0.2, 0.25) is 5.02 Å². The number of piperidine rings is 1. The van der Waals surface area contributed by atoms with E-state index in [1.165, 1.54) is 6.07 Å². The molecule has 0 saturated carbocycles. The Balaban J connectivity index is 1.83. The molecule has 0 spiro atoms. The first-order valence-electron chi connectivity index (χ1n) is 9.16. The number of aromatic amines is 1. The molecule has 2 aromatic heterocycles. The molecule has 4 rings (SSSR count). The van der Waals surface area contributed by atoms with Gasteiger partial charge >= 0.3 is 0 Å².